The lowest BCUT2D eigenvalue weighted by molar-refractivity contribution is 0.0519. The number of allylic oxidation sites excluding steroid dienone is 1. The largest absolute Gasteiger partial charge is 0.547 e. The molecule has 170 valence electrons. The number of phenolic OH excluding ortho intramolecular Hbond substituents is 1. The summed E-state index contributed by atoms with van der Waals surface area (Å²) in [5.41, 5.74) is 6.82. The zero-order valence-corrected chi connectivity index (χ0v) is 21.5. The zero-order valence-electron chi connectivity index (χ0n) is 19.5. The first kappa shape index (κ1) is 22.8. The standard InChI is InChI=1S/C24H31NO5Si2/c1-31(2,3)29-13-11-16-18(17(12-13)30-32(4,5)6)24(28)19-20(23(16)27)22(26)15-10-8-7-9-14(15)21(19)25/h7-10,12,16-18,26H,11,25H2,1-6H3/t16-,17+,18-/m1/s1. The van der Waals surface area contributed by atoms with Gasteiger partial charge in [0.2, 0.25) is 8.32 Å². The van der Waals surface area contributed by atoms with Crippen LogP contribution in [0.4, 0.5) is 5.69 Å². The number of fused-ring (bicyclic) bond motifs is 3. The first-order valence-corrected chi connectivity index (χ1v) is 17.8. The van der Waals surface area contributed by atoms with Gasteiger partial charge in [0, 0.05) is 23.1 Å². The molecule has 0 saturated carbocycles. The van der Waals surface area contributed by atoms with Gasteiger partial charge in [0.15, 0.2) is 19.9 Å². The van der Waals surface area contributed by atoms with Crippen molar-refractivity contribution in [3.8, 4) is 5.75 Å². The highest BCUT2D eigenvalue weighted by molar-refractivity contribution is 6.70. The molecule has 8 heteroatoms. The van der Waals surface area contributed by atoms with Gasteiger partial charge >= 0.3 is 0 Å². The quantitative estimate of drug-likeness (QED) is 0.367. The maximum absolute atomic E-state index is 13.8. The molecule has 0 unspecified atom stereocenters. The molecule has 0 fully saturated rings. The van der Waals surface area contributed by atoms with Crippen molar-refractivity contribution in [2.75, 3.05) is 5.73 Å². The van der Waals surface area contributed by atoms with Crippen molar-refractivity contribution >= 4 is 44.7 Å². The van der Waals surface area contributed by atoms with Crippen LogP contribution in [0.2, 0.25) is 39.3 Å². The number of nitrogens with two attached hydrogens (primary N) is 1. The van der Waals surface area contributed by atoms with Crippen LogP contribution >= 0.6 is 0 Å². The molecule has 3 N–H and O–H groups in total. The number of benzene rings is 2. The normalized spacial score (nSPS) is 23.6. The molecule has 2 aromatic rings. The molecule has 6 nitrogen and oxygen atoms in total. The minimum Gasteiger partial charge on any atom is -0.547 e. The summed E-state index contributed by atoms with van der Waals surface area (Å²) >= 11 is 0. The molecule has 3 atom stereocenters. The molecule has 0 bridgehead atoms. The second-order valence-electron chi connectivity index (χ2n) is 10.7. The Kier molecular flexibility index (Phi) is 5.38. The molecule has 2 aromatic carbocycles. The van der Waals surface area contributed by atoms with E-state index in [1.165, 1.54) is 0 Å². The average Bonchev–Trinajstić information content (AvgIpc) is 2.66. The number of ketones is 2. The van der Waals surface area contributed by atoms with Gasteiger partial charge < -0.3 is 19.7 Å². The molecule has 2 aliphatic carbocycles. The number of Topliss-reactive ketones (excluding diaryl/α,β-unsaturated/α-hetero) is 2. The van der Waals surface area contributed by atoms with Crippen LogP contribution in [0.3, 0.4) is 0 Å². The molecule has 0 amide bonds. The molecular weight excluding hydrogens is 438 g/mol. The molecule has 0 aliphatic heterocycles. The summed E-state index contributed by atoms with van der Waals surface area (Å²) in [6, 6.07) is 7.03. The Morgan fingerprint density at radius 2 is 1.56 bits per heavy atom. The first-order valence-electron chi connectivity index (χ1n) is 11.0. The molecule has 2 aliphatic rings. The Morgan fingerprint density at radius 3 is 2.16 bits per heavy atom. The van der Waals surface area contributed by atoms with Gasteiger partial charge in [0.05, 0.1) is 34.6 Å². The molecule has 0 aromatic heterocycles. The van der Waals surface area contributed by atoms with Crippen molar-refractivity contribution in [3.05, 3.63) is 47.2 Å². The Hall–Kier alpha value is -2.43. The number of carbonyl (C=O) groups excluding carboxylic acids is 2. The van der Waals surface area contributed by atoms with Gasteiger partial charge in [0.25, 0.3) is 0 Å². The number of hydrogen-bond acceptors (Lipinski definition) is 6. The van der Waals surface area contributed by atoms with E-state index in [0.717, 1.165) is 0 Å². The highest BCUT2D eigenvalue weighted by Gasteiger charge is 2.51. The van der Waals surface area contributed by atoms with E-state index >= 15 is 0 Å². The number of phenols is 1. The summed E-state index contributed by atoms with van der Waals surface area (Å²) in [7, 11) is -3.99. The molecule has 0 radical (unpaired) electrons. The lowest BCUT2D eigenvalue weighted by atomic mass is 9.67. The average molecular weight is 470 g/mol. The van der Waals surface area contributed by atoms with Gasteiger partial charge in [0.1, 0.15) is 5.75 Å². The number of nitrogen functional groups attached to an aromatic ring is 1. The summed E-state index contributed by atoms with van der Waals surface area (Å²) in [5.74, 6) is -1.32. The first-order chi connectivity index (χ1) is 14.8. The predicted molar refractivity (Wildman–Crippen MR) is 131 cm³/mol. The van der Waals surface area contributed by atoms with Crippen molar-refractivity contribution < 1.29 is 23.5 Å². The summed E-state index contributed by atoms with van der Waals surface area (Å²) < 4.78 is 12.7. The third-order valence-corrected chi connectivity index (χ3v) is 7.70. The Bertz CT molecular complexity index is 1160. The minimum atomic E-state index is -2.05. The summed E-state index contributed by atoms with van der Waals surface area (Å²) in [5, 5.41) is 12.1. The van der Waals surface area contributed by atoms with E-state index in [4.69, 9.17) is 14.6 Å². The Balaban J connectivity index is 1.91. The van der Waals surface area contributed by atoms with E-state index in [1.807, 2.05) is 6.08 Å². The molecule has 0 saturated heterocycles. The molecule has 0 heterocycles. The van der Waals surface area contributed by atoms with Crippen LogP contribution in [-0.4, -0.2) is 39.4 Å². The fourth-order valence-corrected chi connectivity index (χ4v) is 6.76. The zero-order chi connectivity index (χ0) is 23.6. The van der Waals surface area contributed by atoms with Gasteiger partial charge in [-0.2, -0.15) is 0 Å². The van der Waals surface area contributed by atoms with Gasteiger partial charge in [-0.05, 0) is 45.4 Å². The van der Waals surface area contributed by atoms with E-state index in [9.17, 15) is 14.7 Å². The van der Waals surface area contributed by atoms with Crippen LogP contribution in [0.1, 0.15) is 27.1 Å². The number of hydrogen-bond donors (Lipinski definition) is 2. The maximum Gasteiger partial charge on any atom is 0.241 e. The van der Waals surface area contributed by atoms with E-state index in [0.29, 0.717) is 23.0 Å². The lowest BCUT2D eigenvalue weighted by Gasteiger charge is -2.42. The SMILES string of the molecule is C[Si](C)(C)OC1=C[C@H](O[Si](C)(C)C)[C@@H]2C(=O)c3c(c(O)c4ccccc4c3N)C(=O)[C@@H]2C1. The van der Waals surface area contributed by atoms with Crippen molar-refractivity contribution in [1.29, 1.82) is 0 Å². The summed E-state index contributed by atoms with van der Waals surface area (Å²) in [6.07, 6.45) is 1.64. The van der Waals surface area contributed by atoms with Crippen LogP contribution in [0.5, 0.6) is 5.75 Å². The van der Waals surface area contributed by atoms with E-state index in [1.54, 1.807) is 24.3 Å². The third kappa shape index (κ3) is 3.91. The van der Waals surface area contributed by atoms with Gasteiger partial charge in [-0.15, -0.1) is 0 Å². The van der Waals surface area contributed by atoms with Crippen molar-refractivity contribution in [2.24, 2.45) is 11.8 Å². The number of anilines is 1. The van der Waals surface area contributed by atoms with Gasteiger partial charge in [-0.3, -0.25) is 9.59 Å². The van der Waals surface area contributed by atoms with Crippen LogP contribution in [0.25, 0.3) is 10.8 Å². The lowest BCUT2D eigenvalue weighted by Crippen LogP contribution is -2.49. The summed E-state index contributed by atoms with van der Waals surface area (Å²) in [6.45, 7) is 12.4. The van der Waals surface area contributed by atoms with Crippen molar-refractivity contribution in [2.45, 2.75) is 51.8 Å². The van der Waals surface area contributed by atoms with E-state index < -0.39 is 34.6 Å². The fourth-order valence-electron chi connectivity index (χ4n) is 4.79. The topological polar surface area (TPSA) is 98.8 Å². The van der Waals surface area contributed by atoms with Crippen LogP contribution in [0, 0.1) is 11.8 Å². The number of aromatic hydroxyl groups is 1. The molecular formula is C24H31NO5Si2. The smallest absolute Gasteiger partial charge is 0.241 e. The second kappa shape index (κ2) is 7.57. The predicted octanol–water partition coefficient (Wildman–Crippen LogP) is 5.10. The van der Waals surface area contributed by atoms with E-state index in [-0.39, 0.29) is 34.1 Å². The van der Waals surface area contributed by atoms with Gasteiger partial charge in [-0.25, -0.2) is 0 Å². The van der Waals surface area contributed by atoms with Gasteiger partial charge in [-0.1, -0.05) is 24.3 Å². The van der Waals surface area contributed by atoms with Crippen LogP contribution in [-0.2, 0) is 8.85 Å². The monoisotopic (exact) mass is 469 g/mol. The molecule has 4 rings (SSSR count). The fraction of sp³-hybridized carbons (Fsp3) is 0.417. The Labute approximate surface area is 190 Å². The number of rotatable bonds is 4. The second-order valence-corrected chi connectivity index (χ2v) is 19.6. The Morgan fingerprint density at radius 1 is 0.938 bits per heavy atom. The summed E-state index contributed by atoms with van der Waals surface area (Å²) in [4.78, 5) is 27.6. The maximum atomic E-state index is 13.8. The van der Waals surface area contributed by atoms with Crippen molar-refractivity contribution in [1.82, 2.24) is 0 Å². The van der Waals surface area contributed by atoms with Crippen LogP contribution < -0.4 is 5.73 Å². The van der Waals surface area contributed by atoms with Crippen molar-refractivity contribution in [3.63, 3.8) is 0 Å². The minimum absolute atomic E-state index is 0.0356. The van der Waals surface area contributed by atoms with E-state index in [2.05, 4.69) is 39.3 Å². The molecule has 32 heavy (non-hydrogen) atoms. The highest BCUT2D eigenvalue weighted by Crippen LogP contribution is 2.48. The highest BCUT2D eigenvalue weighted by atomic mass is 28.4. The van der Waals surface area contributed by atoms with Crippen LogP contribution in [0.15, 0.2) is 36.1 Å². The third-order valence-electron chi connectivity index (χ3n) is 5.85. The number of carbonyl (C=O) groups is 2. The molecule has 0 spiro atoms.